The molecule has 0 saturated carbocycles. The third-order valence-electron chi connectivity index (χ3n) is 1.67. The van der Waals surface area contributed by atoms with Crippen LogP contribution < -0.4 is 4.74 Å². The lowest BCUT2D eigenvalue weighted by Crippen LogP contribution is -2.27. The number of nitrogens with zero attached hydrogens (tertiary/aromatic N) is 1. The highest BCUT2D eigenvalue weighted by atomic mass is 32.2. The molecular formula is C7H10BNO3S2. The molecule has 0 aliphatic heterocycles. The number of thiophene rings is 1. The summed E-state index contributed by atoms with van der Waals surface area (Å²) in [4.78, 5) is 0. The highest BCUT2D eigenvalue weighted by molar-refractivity contribution is 7.92. The van der Waals surface area contributed by atoms with Gasteiger partial charge in [-0.2, -0.15) is 0 Å². The van der Waals surface area contributed by atoms with Gasteiger partial charge in [0, 0.05) is 0 Å². The van der Waals surface area contributed by atoms with Crippen molar-refractivity contribution in [1.29, 1.82) is 0 Å². The standard InChI is InChI=1S/C7H10BNO3S2/c1-3-9(8)14(10,11)7-6(12-2)4-5-13-7/h4-5H,3H2,1-2H3. The number of hydrogen-bond donors (Lipinski definition) is 0. The summed E-state index contributed by atoms with van der Waals surface area (Å²) in [7, 11) is 3.20. The van der Waals surface area contributed by atoms with E-state index in [1.165, 1.54) is 7.11 Å². The fourth-order valence-corrected chi connectivity index (χ4v) is 3.38. The molecule has 1 heterocycles. The van der Waals surface area contributed by atoms with Crippen LogP contribution in [-0.4, -0.2) is 34.3 Å². The van der Waals surface area contributed by atoms with Gasteiger partial charge in [0.1, 0.15) is 5.75 Å². The Morgan fingerprint density at radius 1 is 1.64 bits per heavy atom. The van der Waals surface area contributed by atoms with Gasteiger partial charge in [0.25, 0.3) is 0 Å². The molecule has 7 heteroatoms. The molecule has 2 radical (unpaired) electrons. The molecule has 0 amide bonds. The van der Waals surface area contributed by atoms with Crippen molar-refractivity contribution >= 4 is 29.3 Å². The minimum atomic E-state index is -3.58. The van der Waals surface area contributed by atoms with Crippen LogP contribution in [0.1, 0.15) is 6.92 Å². The molecule has 0 aromatic carbocycles. The lowest BCUT2D eigenvalue weighted by Gasteiger charge is -2.14. The molecule has 0 aliphatic rings. The molecule has 4 nitrogen and oxygen atoms in total. The minimum Gasteiger partial charge on any atom is -0.494 e. The molecule has 0 atom stereocenters. The summed E-state index contributed by atoms with van der Waals surface area (Å²) in [6.45, 7) is 1.89. The topological polar surface area (TPSA) is 46.6 Å². The average Bonchev–Trinajstić information content (AvgIpc) is 2.64. The molecule has 76 valence electrons. The maximum Gasteiger partial charge on any atom is 0.245 e. The van der Waals surface area contributed by atoms with Crippen LogP contribution in [0, 0.1) is 0 Å². The van der Waals surface area contributed by atoms with Crippen LogP contribution in [0.2, 0.25) is 0 Å². The van der Waals surface area contributed by atoms with Crippen molar-refractivity contribution in [3.8, 4) is 5.75 Å². The van der Waals surface area contributed by atoms with Crippen LogP contribution in [0.15, 0.2) is 15.7 Å². The first-order valence-electron chi connectivity index (χ1n) is 3.93. The van der Waals surface area contributed by atoms with E-state index in [1.807, 2.05) is 0 Å². The van der Waals surface area contributed by atoms with Crippen molar-refractivity contribution in [2.75, 3.05) is 13.7 Å². The van der Waals surface area contributed by atoms with Gasteiger partial charge in [0.2, 0.25) is 18.0 Å². The van der Waals surface area contributed by atoms with E-state index >= 15 is 0 Å². The lowest BCUT2D eigenvalue weighted by atomic mass is 10.4. The van der Waals surface area contributed by atoms with E-state index in [0.29, 0.717) is 5.75 Å². The van der Waals surface area contributed by atoms with Gasteiger partial charge in [-0.15, -0.1) is 11.3 Å². The Bertz CT molecular complexity index is 401. The summed E-state index contributed by atoms with van der Waals surface area (Å²) in [6.07, 6.45) is 0. The highest BCUT2D eigenvalue weighted by Crippen LogP contribution is 2.31. The van der Waals surface area contributed by atoms with Gasteiger partial charge in [-0.3, -0.25) is 4.22 Å². The molecule has 0 spiro atoms. The number of rotatable bonds is 4. The van der Waals surface area contributed by atoms with Crippen LogP contribution >= 0.6 is 11.3 Å². The lowest BCUT2D eigenvalue weighted by molar-refractivity contribution is 0.405. The van der Waals surface area contributed by atoms with Gasteiger partial charge >= 0.3 is 0 Å². The van der Waals surface area contributed by atoms with Crippen LogP contribution in [0.5, 0.6) is 5.75 Å². The zero-order valence-electron chi connectivity index (χ0n) is 7.93. The Morgan fingerprint density at radius 3 is 2.79 bits per heavy atom. The fourth-order valence-electron chi connectivity index (χ4n) is 0.899. The van der Waals surface area contributed by atoms with Gasteiger partial charge in [0.15, 0.2) is 4.21 Å². The molecule has 0 unspecified atom stereocenters. The molecule has 1 aromatic rings. The Morgan fingerprint density at radius 2 is 2.29 bits per heavy atom. The van der Waals surface area contributed by atoms with E-state index < -0.39 is 10.0 Å². The minimum absolute atomic E-state index is 0.143. The second kappa shape index (κ2) is 4.33. The molecule has 1 rings (SSSR count). The Hall–Kier alpha value is -0.525. The molecule has 14 heavy (non-hydrogen) atoms. The average molecular weight is 231 g/mol. The number of hydrogen-bond acceptors (Lipinski definition) is 4. The maximum atomic E-state index is 11.7. The summed E-state index contributed by atoms with van der Waals surface area (Å²) >= 11 is 1.09. The molecule has 1 aromatic heterocycles. The van der Waals surface area contributed by atoms with Gasteiger partial charge in [0.05, 0.1) is 7.11 Å². The summed E-state index contributed by atoms with van der Waals surface area (Å²) in [5, 5.41) is 1.65. The van der Waals surface area contributed by atoms with Crippen LogP contribution in [0.3, 0.4) is 0 Å². The Kier molecular flexibility index (Phi) is 3.57. The summed E-state index contributed by atoms with van der Waals surface area (Å²) in [5.74, 6) is 0.332. The smallest absolute Gasteiger partial charge is 0.245 e. The van der Waals surface area contributed by atoms with Crippen LogP contribution in [-0.2, 0) is 10.0 Å². The van der Waals surface area contributed by atoms with Crippen molar-refractivity contribution in [1.82, 2.24) is 4.22 Å². The van der Waals surface area contributed by atoms with Crippen molar-refractivity contribution in [3.63, 3.8) is 0 Å². The SMILES string of the molecule is [B]N(CC)S(=O)(=O)c1sccc1OC. The first-order valence-corrected chi connectivity index (χ1v) is 6.25. The van der Waals surface area contributed by atoms with E-state index in [9.17, 15) is 8.42 Å². The summed E-state index contributed by atoms with van der Waals surface area (Å²) in [6, 6.07) is 1.60. The van der Waals surface area contributed by atoms with E-state index in [-0.39, 0.29) is 10.8 Å². The van der Waals surface area contributed by atoms with E-state index in [2.05, 4.69) is 0 Å². The largest absolute Gasteiger partial charge is 0.494 e. The summed E-state index contributed by atoms with van der Waals surface area (Å²) < 4.78 is 29.3. The third kappa shape index (κ3) is 1.94. The van der Waals surface area contributed by atoms with Crippen molar-refractivity contribution < 1.29 is 13.2 Å². The van der Waals surface area contributed by atoms with E-state index in [4.69, 9.17) is 12.7 Å². The van der Waals surface area contributed by atoms with Gasteiger partial charge in [-0.1, -0.05) is 6.92 Å². The van der Waals surface area contributed by atoms with Crippen molar-refractivity contribution in [2.45, 2.75) is 11.1 Å². The summed E-state index contributed by atoms with van der Waals surface area (Å²) in [5.41, 5.74) is 0. The van der Waals surface area contributed by atoms with Crippen molar-refractivity contribution in [3.05, 3.63) is 11.4 Å². The number of ether oxygens (including phenoxy) is 1. The first-order chi connectivity index (χ1) is 6.54. The van der Waals surface area contributed by atoms with E-state index in [0.717, 1.165) is 15.6 Å². The van der Waals surface area contributed by atoms with Gasteiger partial charge < -0.3 is 4.74 Å². The molecule has 0 N–H and O–H groups in total. The van der Waals surface area contributed by atoms with Crippen LogP contribution in [0.4, 0.5) is 0 Å². The Balaban J connectivity index is 3.16. The zero-order chi connectivity index (χ0) is 10.8. The normalized spacial score (nSPS) is 11.9. The first kappa shape index (κ1) is 11.5. The number of methoxy groups -OCH3 is 1. The second-order valence-electron chi connectivity index (χ2n) is 2.48. The second-order valence-corrected chi connectivity index (χ2v) is 5.49. The molecular weight excluding hydrogens is 221 g/mol. The molecule has 0 saturated heterocycles. The highest BCUT2D eigenvalue weighted by Gasteiger charge is 2.24. The van der Waals surface area contributed by atoms with Crippen molar-refractivity contribution in [2.24, 2.45) is 0 Å². The molecule has 0 bridgehead atoms. The quantitative estimate of drug-likeness (QED) is 0.721. The predicted octanol–water partition coefficient (Wildman–Crippen LogP) is 0.851. The van der Waals surface area contributed by atoms with E-state index in [1.54, 1.807) is 18.4 Å². The van der Waals surface area contributed by atoms with Gasteiger partial charge in [-0.25, -0.2) is 8.42 Å². The molecule has 0 aliphatic carbocycles. The third-order valence-corrected chi connectivity index (χ3v) is 4.82. The fraction of sp³-hybridized carbons (Fsp3) is 0.429. The monoisotopic (exact) mass is 231 g/mol. The predicted molar refractivity (Wildman–Crippen MR) is 56.2 cm³/mol. The number of sulfonamides is 1. The zero-order valence-corrected chi connectivity index (χ0v) is 9.56. The van der Waals surface area contributed by atoms with Gasteiger partial charge in [-0.05, 0) is 18.0 Å². The maximum absolute atomic E-state index is 11.7. The molecule has 0 fully saturated rings. The van der Waals surface area contributed by atoms with Crippen LogP contribution in [0.25, 0.3) is 0 Å². The Labute approximate surface area is 89.0 Å².